The summed E-state index contributed by atoms with van der Waals surface area (Å²) in [5, 5.41) is 0. The van der Waals surface area contributed by atoms with Crippen molar-refractivity contribution in [1.29, 1.82) is 0 Å². The predicted molar refractivity (Wildman–Crippen MR) is 51.6 cm³/mol. The minimum atomic E-state index is 1.14. The Balaban J connectivity index is 2.24. The van der Waals surface area contributed by atoms with Crippen LogP contribution in [0, 0.1) is 6.08 Å². The third-order valence-corrected chi connectivity index (χ3v) is 2.31. The van der Waals surface area contributed by atoms with Crippen molar-refractivity contribution >= 4 is 5.57 Å². The molecule has 1 aromatic carbocycles. The Morgan fingerprint density at radius 1 is 1.00 bits per heavy atom. The summed E-state index contributed by atoms with van der Waals surface area (Å²) < 4.78 is 0. The van der Waals surface area contributed by atoms with Gasteiger partial charge in [0, 0.05) is 0 Å². The molecule has 0 atom stereocenters. The molecule has 1 aromatic rings. The molecule has 1 aliphatic rings. The third-order valence-electron chi connectivity index (χ3n) is 2.31. The zero-order valence-corrected chi connectivity index (χ0v) is 7.22. The highest BCUT2D eigenvalue weighted by molar-refractivity contribution is 5.63. The van der Waals surface area contributed by atoms with E-state index in [2.05, 4.69) is 36.4 Å². The average Bonchev–Trinajstić information content (AvgIpc) is 2.21. The number of hydrogen-bond acceptors (Lipinski definition) is 0. The summed E-state index contributed by atoms with van der Waals surface area (Å²) in [4.78, 5) is 0. The van der Waals surface area contributed by atoms with Crippen molar-refractivity contribution in [2.45, 2.75) is 25.7 Å². The summed E-state index contributed by atoms with van der Waals surface area (Å²) in [7, 11) is 0. The van der Waals surface area contributed by atoms with Gasteiger partial charge in [0.1, 0.15) is 0 Å². The second-order valence-corrected chi connectivity index (χ2v) is 3.23. The van der Waals surface area contributed by atoms with Crippen LogP contribution in [0.15, 0.2) is 30.3 Å². The first-order valence-electron chi connectivity index (χ1n) is 4.62. The van der Waals surface area contributed by atoms with Crippen molar-refractivity contribution in [2.24, 2.45) is 0 Å². The summed E-state index contributed by atoms with van der Waals surface area (Å²) in [5.74, 6) is 0. The van der Waals surface area contributed by atoms with Gasteiger partial charge in [-0.15, -0.1) is 0 Å². The summed E-state index contributed by atoms with van der Waals surface area (Å²) in [6.07, 6.45) is 8.45. The number of hydrogen-bond donors (Lipinski definition) is 0. The van der Waals surface area contributed by atoms with Crippen LogP contribution in [0.5, 0.6) is 0 Å². The lowest BCUT2D eigenvalue weighted by Crippen LogP contribution is -1.91. The van der Waals surface area contributed by atoms with Crippen molar-refractivity contribution in [2.75, 3.05) is 0 Å². The molecule has 0 heterocycles. The summed E-state index contributed by atoms with van der Waals surface area (Å²) >= 11 is 0. The molecule has 0 unspecified atom stereocenters. The Bertz CT molecular complexity index is 269. The van der Waals surface area contributed by atoms with E-state index in [0.29, 0.717) is 0 Å². The van der Waals surface area contributed by atoms with Gasteiger partial charge in [0.15, 0.2) is 0 Å². The standard InChI is InChI=1S/C12H13/c1-3-7-11(8-4-1)12-9-5-2-6-10-12/h1,3-4,7-8H,2,5-6,9H2. The monoisotopic (exact) mass is 157 g/mol. The van der Waals surface area contributed by atoms with E-state index in [1.54, 1.807) is 0 Å². The molecule has 1 radical (unpaired) electrons. The van der Waals surface area contributed by atoms with Crippen LogP contribution in [-0.4, -0.2) is 0 Å². The lowest BCUT2D eigenvalue weighted by atomic mass is 9.94. The van der Waals surface area contributed by atoms with Gasteiger partial charge in [-0.1, -0.05) is 30.3 Å². The molecule has 0 aliphatic heterocycles. The normalized spacial score (nSPS) is 17.2. The lowest BCUT2D eigenvalue weighted by Gasteiger charge is -2.11. The van der Waals surface area contributed by atoms with Crippen LogP contribution >= 0.6 is 0 Å². The van der Waals surface area contributed by atoms with Crippen LogP contribution in [0.4, 0.5) is 0 Å². The van der Waals surface area contributed by atoms with E-state index < -0.39 is 0 Å². The minimum Gasteiger partial charge on any atom is -0.0622 e. The second kappa shape index (κ2) is 3.57. The molecule has 1 aliphatic carbocycles. The fraction of sp³-hybridized carbons (Fsp3) is 0.333. The number of rotatable bonds is 1. The van der Waals surface area contributed by atoms with Crippen LogP contribution in [0.1, 0.15) is 31.2 Å². The van der Waals surface area contributed by atoms with Crippen molar-refractivity contribution in [1.82, 2.24) is 0 Å². The smallest absolute Gasteiger partial charge is 0.0222 e. The van der Waals surface area contributed by atoms with Crippen LogP contribution in [0.2, 0.25) is 0 Å². The first-order valence-corrected chi connectivity index (χ1v) is 4.62. The van der Waals surface area contributed by atoms with Gasteiger partial charge in [0.05, 0.1) is 0 Å². The largest absolute Gasteiger partial charge is 0.0622 e. The van der Waals surface area contributed by atoms with E-state index in [-0.39, 0.29) is 0 Å². The molecular formula is C12H13. The fourth-order valence-electron chi connectivity index (χ4n) is 1.64. The Morgan fingerprint density at radius 2 is 1.83 bits per heavy atom. The van der Waals surface area contributed by atoms with Crippen LogP contribution < -0.4 is 0 Å². The third kappa shape index (κ3) is 1.58. The van der Waals surface area contributed by atoms with Gasteiger partial charge in [-0.2, -0.15) is 0 Å². The topological polar surface area (TPSA) is 0 Å². The lowest BCUT2D eigenvalue weighted by molar-refractivity contribution is 0.730. The summed E-state index contributed by atoms with van der Waals surface area (Å²) in [6, 6.07) is 10.6. The maximum absolute atomic E-state index is 3.45. The average molecular weight is 157 g/mol. The quantitative estimate of drug-likeness (QED) is 0.585. The first kappa shape index (κ1) is 7.60. The molecule has 0 spiro atoms. The van der Waals surface area contributed by atoms with Gasteiger partial charge >= 0.3 is 0 Å². The van der Waals surface area contributed by atoms with Crippen molar-refractivity contribution in [3.8, 4) is 0 Å². The molecule has 61 valence electrons. The highest BCUT2D eigenvalue weighted by atomic mass is 14.1. The van der Waals surface area contributed by atoms with Gasteiger partial charge in [0.2, 0.25) is 0 Å². The molecule has 0 amide bonds. The number of allylic oxidation sites excluding steroid dienone is 2. The van der Waals surface area contributed by atoms with Crippen LogP contribution in [0.3, 0.4) is 0 Å². The molecule has 12 heavy (non-hydrogen) atoms. The van der Waals surface area contributed by atoms with Crippen LogP contribution in [0.25, 0.3) is 5.57 Å². The Hall–Kier alpha value is -1.04. The Kier molecular flexibility index (Phi) is 2.26. The molecule has 0 aromatic heterocycles. The van der Waals surface area contributed by atoms with Crippen LogP contribution in [-0.2, 0) is 0 Å². The maximum atomic E-state index is 3.45. The molecule has 0 saturated carbocycles. The summed E-state index contributed by atoms with van der Waals surface area (Å²) in [6.45, 7) is 0. The van der Waals surface area contributed by atoms with E-state index in [9.17, 15) is 0 Å². The fourth-order valence-corrected chi connectivity index (χ4v) is 1.64. The van der Waals surface area contributed by atoms with Gasteiger partial charge in [0.25, 0.3) is 0 Å². The van der Waals surface area contributed by atoms with Crippen molar-refractivity contribution in [3.05, 3.63) is 42.0 Å². The zero-order valence-electron chi connectivity index (χ0n) is 7.22. The zero-order chi connectivity index (χ0) is 8.23. The molecular weight excluding hydrogens is 144 g/mol. The predicted octanol–water partition coefficient (Wildman–Crippen LogP) is 3.45. The Labute approximate surface area is 73.9 Å². The van der Waals surface area contributed by atoms with Crippen molar-refractivity contribution < 1.29 is 0 Å². The number of benzene rings is 1. The Morgan fingerprint density at radius 3 is 2.50 bits per heavy atom. The molecule has 0 heteroatoms. The molecule has 0 N–H and O–H groups in total. The second-order valence-electron chi connectivity index (χ2n) is 3.23. The summed E-state index contributed by atoms with van der Waals surface area (Å²) in [5.41, 5.74) is 2.78. The SMILES string of the molecule is [C]1=C(c2ccccc2)CCCC1. The van der Waals surface area contributed by atoms with Gasteiger partial charge < -0.3 is 0 Å². The van der Waals surface area contributed by atoms with Gasteiger partial charge in [-0.05, 0) is 42.9 Å². The van der Waals surface area contributed by atoms with Gasteiger partial charge in [-0.3, -0.25) is 0 Å². The van der Waals surface area contributed by atoms with E-state index in [1.165, 1.54) is 30.4 Å². The molecule has 0 saturated heterocycles. The van der Waals surface area contributed by atoms with E-state index in [4.69, 9.17) is 0 Å². The molecule has 0 bridgehead atoms. The highest BCUT2D eigenvalue weighted by Crippen LogP contribution is 2.25. The van der Waals surface area contributed by atoms with E-state index in [1.807, 2.05) is 0 Å². The maximum Gasteiger partial charge on any atom is -0.0222 e. The highest BCUT2D eigenvalue weighted by Gasteiger charge is 2.04. The molecule has 0 nitrogen and oxygen atoms in total. The van der Waals surface area contributed by atoms with Gasteiger partial charge in [-0.25, -0.2) is 0 Å². The first-order chi connectivity index (χ1) is 5.97. The van der Waals surface area contributed by atoms with E-state index >= 15 is 0 Å². The minimum absolute atomic E-state index is 1.14. The van der Waals surface area contributed by atoms with E-state index in [0.717, 1.165) is 6.42 Å². The molecule has 0 fully saturated rings. The molecule has 2 rings (SSSR count). The van der Waals surface area contributed by atoms with Crippen molar-refractivity contribution in [3.63, 3.8) is 0 Å².